The molecule has 2 aromatic heterocycles. The molecule has 2 saturated carbocycles. The minimum absolute atomic E-state index is 0.282. The summed E-state index contributed by atoms with van der Waals surface area (Å²) in [6.07, 6.45) is 9.70. The number of rotatable bonds is 8. The van der Waals surface area contributed by atoms with E-state index < -0.39 is 0 Å². The number of nitrogens with one attached hydrogen (secondary N) is 2. The third-order valence-electron chi connectivity index (χ3n) is 9.69. The van der Waals surface area contributed by atoms with Gasteiger partial charge in [0.05, 0.1) is 34.3 Å². The molecule has 2 fully saturated rings. The topological polar surface area (TPSA) is 82.3 Å². The van der Waals surface area contributed by atoms with Crippen molar-refractivity contribution in [3.05, 3.63) is 60.7 Å². The van der Waals surface area contributed by atoms with Gasteiger partial charge >= 0.3 is 0 Å². The Bertz CT molecular complexity index is 1580. The molecule has 2 aliphatic rings. The largest absolute Gasteiger partial charge is 0.490 e. The van der Waals surface area contributed by atoms with Crippen LogP contribution in [-0.4, -0.2) is 82.2 Å². The van der Waals surface area contributed by atoms with Crippen molar-refractivity contribution in [2.24, 2.45) is 0 Å². The highest BCUT2D eigenvalue weighted by Gasteiger charge is 2.25. The van der Waals surface area contributed by atoms with E-state index in [2.05, 4.69) is 84.4 Å². The van der Waals surface area contributed by atoms with E-state index in [1.165, 1.54) is 25.7 Å². The summed E-state index contributed by atoms with van der Waals surface area (Å²) in [6.45, 7) is 0. The van der Waals surface area contributed by atoms with E-state index in [0.29, 0.717) is 12.1 Å². The van der Waals surface area contributed by atoms with Gasteiger partial charge in [0.2, 0.25) is 0 Å². The molecular formula is C36H44N6O2. The second-order valence-electron chi connectivity index (χ2n) is 13.1. The van der Waals surface area contributed by atoms with Gasteiger partial charge in [0.15, 0.2) is 0 Å². The predicted molar refractivity (Wildman–Crippen MR) is 177 cm³/mol. The Morgan fingerprint density at radius 1 is 0.545 bits per heavy atom. The zero-order valence-electron chi connectivity index (χ0n) is 26.3. The first-order chi connectivity index (χ1) is 21.4. The number of aromatic amines is 2. The van der Waals surface area contributed by atoms with Crippen LogP contribution in [0.25, 0.3) is 44.8 Å². The Hall–Kier alpha value is -3.88. The van der Waals surface area contributed by atoms with Crippen molar-refractivity contribution in [1.29, 1.82) is 0 Å². The summed E-state index contributed by atoms with van der Waals surface area (Å²) in [5.41, 5.74) is 5.92. The summed E-state index contributed by atoms with van der Waals surface area (Å²) in [5.74, 6) is 3.51. The van der Waals surface area contributed by atoms with E-state index in [4.69, 9.17) is 19.4 Å². The molecule has 2 heterocycles. The zero-order valence-corrected chi connectivity index (χ0v) is 26.3. The first-order valence-electron chi connectivity index (χ1n) is 16.1. The van der Waals surface area contributed by atoms with Crippen LogP contribution in [0, 0.1) is 0 Å². The molecule has 5 aromatic rings. The van der Waals surface area contributed by atoms with Gasteiger partial charge in [-0.25, -0.2) is 9.97 Å². The minimum Gasteiger partial charge on any atom is -0.490 e. The van der Waals surface area contributed by atoms with Gasteiger partial charge in [-0.1, -0.05) is 24.3 Å². The number of H-pyrrole nitrogens is 2. The molecule has 3 aromatic carbocycles. The number of imidazole rings is 2. The Balaban J connectivity index is 1.01. The molecule has 0 radical (unpaired) electrons. The average Bonchev–Trinajstić information content (AvgIpc) is 3.66. The molecule has 0 bridgehead atoms. The third kappa shape index (κ3) is 6.19. The summed E-state index contributed by atoms with van der Waals surface area (Å²) in [6, 6.07) is 22.1. The number of ether oxygens (including phenoxy) is 2. The lowest BCUT2D eigenvalue weighted by molar-refractivity contribution is 0.111. The van der Waals surface area contributed by atoms with Crippen LogP contribution in [0.15, 0.2) is 60.7 Å². The van der Waals surface area contributed by atoms with Crippen LogP contribution in [0.5, 0.6) is 11.5 Å². The maximum absolute atomic E-state index is 6.37. The SMILES string of the molecule is CN(C)[C@H]1CC[C@H](Oc2ccc3nc(-c4ccc(-c5nc6ccc(O[C@H]7CC[C@H](N(C)C)CC7)cc6[nH]5)cc4)[nH]c3c2)CC1. The number of nitrogens with zero attached hydrogens (tertiary/aromatic N) is 4. The molecule has 2 aliphatic carbocycles. The summed E-state index contributed by atoms with van der Waals surface area (Å²) in [4.78, 5) is 21.4. The number of hydrogen-bond acceptors (Lipinski definition) is 6. The van der Waals surface area contributed by atoms with E-state index >= 15 is 0 Å². The minimum atomic E-state index is 0.282. The fourth-order valence-electron chi connectivity index (χ4n) is 6.93. The second-order valence-corrected chi connectivity index (χ2v) is 13.1. The zero-order chi connectivity index (χ0) is 30.2. The molecule has 44 heavy (non-hydrogen) atoms. The van der Waals surface area contributed by atoms with E-state index in [1.54, 1.807) is 0 Å². The molecule has 0 atom stereocenters. The van der Waals surface area contributed by atoms with Crippen LogP contribution in [-0.2, 0) is 0 Å². The van der Waals surface area contributed by atoms with Gasteiger partial charge in [-0.2, -0.15) is 0 Å². The standard InChI is InChI=1S/C36H44N6O2/c1-41(2)25-9-13-27(14-10-25)43-29-17-19-31-33(21-29)39-35(37-31)23-5-7-24(8-6-23)36-38-32-20-18-30(22-34(32)40-36)44-28-15-11-26(12-16-28)42(3)4/h5-8,17-22,25-28H,9-16H2,1-4H3,(H,37,39)(H,38,40)/t25-,26-,27-,28-. The molecule has 7 rings (SSSR count). The second kappa shape index (κ2) is 12.3. The van der Waals surface area contributed by atoms with Gasteiger partial charge in [-0.15, -0.1) is 0 Å². The maximum atomic E-state index is 6.37. The smallest absolute Gasteiger partial charge is 0.138 e. The number of fused-ring (bicyclic) bond motifs is 2. The predicted octanol–water partition coefficient (Wildman–Crippen LogP) is 7.28. The molecule has 230 valence electrons. The van der Waals surface area contributed by atoms with Crippen LogP contribution in [0.2, 0.25) is 0 Å². The van der Waals surface area contributed by atoms with Crippen molar-refractivity contribution in [1.82, 2.24) is 29.7 Å². The van der Waals surface area contributed by atoms with Gasteiger partial charge in [0.1, 0.15) is 23.1 Å². The normalized spacial score (nSPS) is 22.7. The van der Waals surface area contributed by atoms with E-state index in [1.807, 2.05) is 24.3 Å². The Morgan fingerprint density at radius 2 is 0.932 bits per heavy atom. The van der Waals surface area contributed by atoms with Crippen molar-refractivity contribution in [2.75, 3.05) is 28.2 Å². The summed E-state index contributed by atoms with van der Waals surface area (Å²) in [7, 11) is 8.69. The maximum Gasteiger partial charge on any atom is 0.138 e. The molecule has 0 amide bonds. The number of hydrogen-bond donors (Lipinski definition) is 2. The Kier molecular flexibility index (Phi) is 8.04. The summed E-state index contributed by atoms with van der Waals surface area (Å²) >= 11 is 0. The van der Waals surface area contributed by atoms with Crippen molar-refractivity contribution in [3.63, 3.8) is 0 Å². The van der Waals surface area contributed by atoms with Crippen LogP contribution in [0.1, 0.15) is 51.4 Å². The first kappa shape index (κ1) is 28.9. The molecule has 8 heteroatoms. The van der Waals surface area contributed by atoms with Crippen LogP contribution in [0.3, 0.4) is 0 Å². The summed E-state index contributed by atoms with van der Waals surface area (Å²) in [5, 5.41) is 0. The molecule has 0 aliphatic heterocycles. The quantitative estimate of drug-likeness (QED) is 0.197. The van der Waals surface area contributed by atoms with Gasteiger partial charge in [-0.3, -0.25) is 0 Å². The molecule has 0 unspecified atom stereocenters. The fraction of sp³-hybridized carbons (Fsp3) is 0.444. The third-order valence-corrected chi connectivity index (χ3v) is 9.69. The van der Waals surface area contributed by atoms with Gasteiger partial charge in [0, 0.05) is 35.3 Å². The lowest BCUT2D eigenvalue weighted by Crippen LogP contribution is -2.35. The van der Waals surface area contributed by atoms with Gasteiger partial charge in [0.25, 0.3) is 0 Å². The highest BCUT2D eigenvalue weighted by Crippen LogP contribution is 2.31. The number of aromatic nitrogens is 4. The monoisotopic (exact) mass is 592 g/mol. The van der Waals surface area contributed by atoms with E-state index in [-0.39, 0.29) is 12.2 Å². The van der Waals surface area contributed by atoms with Crippen molar-refractivity contribution in [2.45, 2.75) is 75.7 Å². The first-order valence-corrected chi connectivity index (χ1v) is 16.1. The van der Waals surface area contributed by atoms with Crippen molar-refractivity contribution in [3.8, 4) is 34.3 Å². The van der Waals surface area contributed by atoms with Crippen molar-refractivity contribution >= 4 is 22.1 Å². The summed E-state index contributed by atoms with van der Waals surface area (Å²) < 4.78 is 12.7. The molecule has 0 spiro atoms. The Labute approximate surface area is 259 Å². The molecular weight excluding hydrogens is 548 g/mol. The molecule has 0 saturated heterocycles. The lowest BCUT2D eigenvalue weighted by Gasteiger charge is -2.32. The Morgan fingerprint density at radius 3 is 1.30 bits per heavy atom. The van der Waals surface area contributed by atoms with Crippen LogP contribution >= 0.6 is 0 Å². The highest BCUT2D eigenvalue weighted by molar-refractivity contribution is 5.82. The average molecular weight is 593 g/mol. The lowest BCUT2D eigenvalue weighted by atomic mass is 9.92. The fourth-order valence-corrected chi connectivity index (χ4v) is 6.93. The van der Waals surface area contributed by atoms with Crippen LogP contribution < -0.4 is 9.47 Å². The van der Waals surface area contributed by atoms with Gasteiger partial charge in [-0.05, 0) is 104 Å². The molecule has 8 nitrogen and oxygen atoms in total. The van der Waals surface area contributed by atoms with E-state index in [0.717, 1.165) is 82.0 Å². The van der Waals surface area contributed by atoms with Crippen LogP contribution in [0.4, 0.5) is 0 Å². The van der Waals surface area contributed by atoms with Gasteiger partial charge < -0.3 is 29.2 Å². The number of benzene rings is 3. The highest BCUT2D eigenvalue weighted by atomic mass is 16.5. The van der Waals surface area contributed by atoms with Crippen molar-refractivity contribution < 1.29 is 9.47 Å². The van der Waals surface area contributed by atoms with E-state index in [9.17, 15) is 0 Å². The molecule has 2 N–H and O–H groups in total.